The third-order valence-electron chi connectivity index (χ3n) is 3.95. The Morgan fingerprint density at radius 1 is 1.18 bits per heavy atom. The van der Waals surface area contributed by atoms with Crippen molar-refractivity contribution in [1.29, 1.82) is 0 Å². The lowest BCUT2D eigenvalue weighted by molar-refractivity contribution is 0.280. The lowest BCUT2D eigenvalue weighted by Gasteiger charge is -2.12. The van der Waals surface area contributed by atoms with E-state index < -0.39 is 0 Å². The Labute approximate surface area is 173 Å². The second-order valence-electron chi connectivity index (χ2n) is 5.80. The maximum absolute atomic E-state index is 5.95. The Morgan fingerprint density at radius 2 is 1.93 bits per heavy atom. The number of thioether (sulfide) groups is 1. The fraction of sp³-hybridized carbons (Fsp3) is 0.200. The molecule has 0 atom stereocenters. The number of benzene rings is 2. The van der Waals surface area contributed by atoms with Gasteiger partial charge < -0.3 is 9.47 Å². The summed E-state index contributed by atoms with van der Waals surface area (Å²) in [6, 6.07) is 13.4. The normalized spacial score (nSPS) is 11.0. The van der Waals surface area contributed by atoms with Gasteiger partial charge in [0.1, 0.15) is 6.61 Å². The van der Waals surface area contributed by atoms with E-state index in [1.54, 1.807) is 13.3 Å². The maximum Gasteiger partial charge on any atom is 0.161 e. The lowest BCUT2D eigenvalue weighted by atomic mass is 10.2. The van der Waals surface area contributed by atoms with Crippen LogP contribution in [0.2, 0.25) is 0 Å². The number of aromatic nitrogens is 2. The van der Waals surface area contributed by atoms with Crippen LogP contribution in [0, 0.1) is 6.92 Å². The summed E-state index contributed by atoms with van der Waals surface area (Å²) in [6.45, 7) is 2.23. The average molecular weight is 413 g/mol. The van der Waals surface area contributed by atoms with Crippen molar-refractivity contribution in [2.75, 3.05) is 13.4 Å². The zero-order chi connectivity index (χ0) is 19.9. The highest BCUT2D eigenvalue weighted by atomic mass is 32.2. The quantitative estimate of drug-likeness (QED) is 0.371. The minimum absolute atomic E-state index is 0.303. The molecule has 0 aliphatic heterocycles. The molecule has 0 saturated carbocycles. The molecule has 0 saturated heterocycles. The van der Waals surface area contributed by atoms with Crippen molar-refractivity contribution < 1.29 is 9.47 Å². The molecule has 0 aliphatic rings. The van der Waals surface area contributed by atoms with Gasteiger partial charge in [-0.1, -0.05) is 36.1 Å². The van der Waals surface area contributed by atoms with Crippen molar-refractivity contribution in [1.82, 2.24) is 15.4 Å². The number of hydrazone groups is 1. The molecular formula is C20H20N4O2S2. The van der Waals surface area contributed by atoms with E-state index in [2.05, 4.69) is 20.5 Å². The van der Waals surface area contributed by atoms with Crippen molar-refractivity contribution >= 4 is 45.5 Å². The number of para-hydroxylation sites is 2. The summed E-state index contributed by atoms with van der Waals surface area (Å²) in [5.74, 6) is 1.24. The molecule has 0 aliphatic carbocycles. The van der Waals surface area contributed by atoms with Gasteiger partial charge in [-0.15, -0.1) is 0 Å². The van der Waals surface area contributed by atoms with Crippen LogP contribution in [0.15, 0.2) is 47.6 Å². The molecule has 144 valence electrons. The number of aryl methyl sites for hydroxylation is 1. The van der Waals surface area contributed by atoms with Crippen LogP contribution < -0.4 is 14.9 Å². The van der Waals surface area contributed by atoms with Crippen molar-refractivity contribution in [2.24, 2.45) is 5.10 Å². The number of nitrogens with zero attached hydrogens (tertiary/aromatic N) is 3. The van der Waals surface area contributed by atoms with Crippen LogP contribution in [0.5, 0.6) is 11.5 Å². The molecule has 0 unspecified atom stereocenters. The molecule has 3 aromatic rings. The lowest BCUT2D eigenvalue weighted by Crippen LogP contribution is -2.10. The largest absolute Gasteiger partial charge is 0.493 e. The summed E-state index contributed by atoms with van der Waals surface area (Å²) in [6.07, 6.45) is 3.56. The summed E-state index contributed by atoms with van der Waals surface area (Å²) in [5, 5.41) is 4.10. The minimum atomic E-state index is 0.303. The van der Waals surface area contributed by atoms with Gasteiger partial charge in [-0.25, -0.2) is 9.97 Å². The molecule has 2 aromatic carbocycles. The second-order valence-corrected chi connectivity index (χ2v) is 7.29. The second kappa shape index (κ2) is 9.48. The standard InChI is InChI=1S/C20H20N4O2S2/c1-13-17(23-16-7-5-4-6-15(16)22-13)12-26-18-9-8-14(10-19(18)25-2)11-21-24-20(27)28-3/h4-11H,12H2,1-3H3,(H,24,27)/b21-11-. The van der Waals surface area contributed by atoms with E-state index in [0.29, 0.717) is 22.4 Å². The SMILES string of the molecule is COc1cc(/C=N\NC(=S)SC)ccc1OCc1nc2ccccc2nc1C. The van der Waals surface area contributed by atoms with Gasteiger partial charge in [0.05, 0.1) is 35.7 Å². The molecule has 1 heterocycles. The Morgan fingerprint density at radius 3 is 2.64 bits per heavy atom. The predicted molar refractivity (Wildman–Crippen MR) is 118 cm³/mol. The van der Waals surface area contributed by atoms with Gasteiger partial charge in [0, 0.05) is 0 Å². The third kappa shape index (κ3) is 4.96. The van der Waals surface area contributed by atoms with Crippen LogP contribution in [0.3, 0.4) is 0 Å². The van der Waals surface area contributed by atoms with Gasteiger partial charge in [-0.3, -0.25) is 5.43 Å². The molecule has 0 bridgehead atoms. The number of ether oxygens (including phenoxy) is 2. The predicted octanol–water partition coefficient (Wildman–Crippen LogP) is 4.10. The fourth-order valence-electron chi connectivity index (χ4n) is 2.50. The summed E-state index contributed by atoms with van der Waals surface area (Å²) in [7, 11) is 1.60. The molecule has 0 spiro atoms. The Balaban J connectivity index is 1.73. The smallest absolute Gasteiger partial charge is 0.161 e. The van der Waals surface area contributed by atoms with Crippen LogP contribution in [0.25, 0.3) is 11.0 Å². The topological polar surface area (TPSA) is 68.6 Å². The van der Waals surface area contributed by atoms with E-state index in [1.165, 1.54) is 11.8 Å². The highest BCUT2D eigenvalue weighted by Crippen LogP contribution is 2.28. The third-order valence-corrected chi connectivity index (χ3v) is 5.00. The zero-order valence-electron chi connectivity index (χ0n) is 15.8. The highest BCUT2D eigenvalue weighted by molar-refractivity contribution is 8.22. The first-order valence-corrected chi connectivity index (χ1v) is 10.1. The van der Waals surface area contributed by atoms with Gasteiger partial charge in [-0.2, -0.15) is 5.10 Å². The van der Waals surface area contributed by atoms with E-state index >= 15 is 0 Å². The Hall–Kier alpha value is -2.71. The first-order valence-electron chi connectivity index (χ1n) is 8.51. The molecule has 1 N–H and O–H groups in total. The molecule has 8 heteroatoms. The summed E-state index contributed by atoms with van der Waals surface area (Å²) in [4.78, 5) is 9.25. The molecule has 0 amide bonds. The molecule has 0 radical (unpaired) electrons. The van der Waals surface area contributed by atoms with Crippen molar-refractivity contribution in [3.8, 4) is 11.5 Å². The monoisotopic (exact) mass is 412 g/mol. The fourth-order valence-corrected chi connectivity index (χ4v) is 2.69. The summed E-state index contributed by atoms with van der Waals surface area (Å²) in [5.41, 5.74) is 7.00. The molecule has 3 rings (SSSR count). The molecule has 0 fully saturated rings. The maximum atomic E-state index is 5.95. The number of nitrogens with one attached hydrogen (secondary N) is 1. The number of rotatable bonds is 6. The first-order chi connectivity index (χ1) is 13.6. The van der Waals surface area contributed by atoms with Gasteiger partial charge in [0.25, 0.3) is 0 Å². The first kappa shape index (κ1) is 20.0. The molecule has 1 aromatic heterocycles. The zero-order valence-corrected chi connectivity index (χ0v) is 17.4. The number of methoxy groups -OCH3 is 1. The molecular weight excluding hydrogens is 392 g/mol. The Kier molecular flexibility index (Phi) is 6.78. The minimum Gasteiger partial charge on any atom is -0.493 e. The number of hydrogen-bond donors (Lipinski definition) is 1. The number of fused-ring (bicyclic) bond motifs is 1. The number of thiocarbonyl (C=S) groups is 1. The van der Waals surface area contributed by atoms with E-state index in [1.807, 2.05) is 55.6 Å². The molecule has 28 heavy (non-hydrogen) atoms. The number of hydrogen-bond acceptors (Lipinski definition) is 7. The molecule has 6 nitrogen and oxygen atoms in total. The highest BCUT2D eigenvalue weighted by Gasteiger charge is 2.09. The van der Waals surface area contributed by atoms with Crippen molar-refractivity contribution in [3.63, 3.8) is 0 Å². The Bertz CT molecular complexity index is 1020. The van der Waals surface area contributed by atoms with E-state index in [0.717, 1.165) is 28.0 Å². The van der Waals surface area contributed by atoms with Crippen LogP contribution in [-0.2, 0) is 6.61 Å². The van der Waals surface area contributed by atoms with E-state index in [-0.39, 0.29) is 0 Å². The average Bonchev–Trinajstić information content (AvgIpc) is 2.72. The van der Waals surface area contributed by atoms with Crippen molar-refractivity contribution in [2.45, 2.75) is 13.5 Å². The van der Waals surface area contributed by atoms with E-state index in [4.69, 9.17) is 21.7 Å². The van der Waals surface area contributed by atoms with Crippen LogP contribution >= 0.6 is 24.0 Å². The van der Waals surface area contributed by atoms with Crippen LogP contribution in [0.1, 0.15) is 17.0 Å². The van der Waals surface area contributed by atoms with Crippen molar-refractivity contribution in [3.05, 3.63) is 59.4 Å². The van der Waals surface area contributed by atoms with E-state index in [9.17, 15) is 0 Å². The van der Waals surface area contributed by atoms with Crippen LogP contribution in [0.4, 0.5) is 0 Å². The van der Waals surface area contributed by atoms with Gasteiger partial charge in [-0.05, 0) is 49.1 Å². The van der Waals surface area contributed by atoms with Crippen LogP contribution in [-0.4, -0.2) is 33.9 Å². The van der Waals surface area contributed by atoms with Gasteiger partial charge in [0.2, 0.25) is 0 Å². The van der Waals surface area contributed by atoms with Gasteiger partial charge >= 0.3 is 0 Å². The van der Waals surface area contributed by atoms with Gasteiger partial charge in [0.15, 0.2) is 15.8 Å². The summed E-state index contributed by atoms with van der Waals surface area (Å²) < 4.78 is 12.0. The summed E-state index contributed by atoms with van der Waals surface area (Å²) >= 11 is 6.47.